The van der Waals surface area contributed by atoms with Crippen LogP contribution in [0.2, 0.25) is 0 Å². The molecule has 0 unspecified atom stereocenters. The van der Waals surface area contributed by atoms with Crippen LogP contribution in [-0.4, -0.2) is 26.8 Å². The number of carboxylic acid groups (broad SMARTS) is 1. The average Bonchev–Trinajstić information content (AvgIpc) is 3.05. The Morgan fingerprint density at radius 3 is 2.70 bits per heavy atom. The Hall–Kier alpha value is -2.57. The van der Waals surface area contributed by atoms with Crippen molar-refractivity contribution in [2.45, 2.75) is 26.4 Å². The molecular formula is C13H15N3O4. The zero-order valence-electron chi connectivity index (χ0n) is 11.2. The molecule has 2 aromatic heterocycles. The van der Waals surface area contributed by atoms with Gasteiger partial charge in [-0.3, -0.25) is 9.48 Å². The summed E-state index contributed by atoms with van der Waals surface area (Å²) in [5.41, 5.74) is 0.309. The highest BCUT2D eigenvalue weighted by atomic mass is 16.4. The number of hydrogen-bond acceptors (Lipinski definition) is 4. The minimum atomic E-state index is -1.14. The summed E-state index contributed by atoms with van der Waals surface area (Å²) in [7, 11) is 0. The van der Waals surface area contributed by atoms with Gasteiger partial charge in [0.2, 0.25) is 5.76 Å². The van der Waals surface area contributed by atoms with Crippen molar-refractivity contribution in [2.24, 2.45) is 0 Å². The van der Waals surface area contributed by atoms with Crippen LogP contribution in [0.5, 0.6) is 0 Å². The Balaban J connectivity index is 1.95. The third kappa shape index (κ3) is 3.05. The number of aromatic nitrogens is 2. The molecule has 0 aromatic carbocycles. The molecule has 20 heavy (non-hydrogen) atoms. The Morgan fingerprint density at radius 2 is 2.15 bits per heavy atom. The van der Waals surface area contributed by atoms with Crippen LogP contribution in [-0.2, 0) is 6.54 Å². The predicted octanol–water partition coefficient (Wildman–Crippen LogP) is 1.69. The predicted molar refractivity (Wildman–Crippen MR) is 69.4 cm³/mol. The zero-order chi connectivity index (χ0) is 14.7. The fourth-order valence-electron chi connectivity index (χ4n) is 1.59. The topological polar surface area (TPSA) is 97.4 Å². The molecule has 0 fully saturated rings. The summed E-state index contributed by atoms with van der Waals surface area (Å²) in [6, 6.07) is 4.66. The summed E-state index contributed by atoms with van der Waals surface area (Å²) < 4.78 is 6.72. The lowest BCUT2D eigenvalue weighted by Crippen LogP contribution is -2.23. The highest BCUT2D eigenvalue weighted by molar-refractivity contribution is 5.92. The van der Waals surface area contributed by atoms with Crippen LogP contribution in [0.15, 0.2) is 28.8 Å². The molecule has 0 aliphatic heterocycles. The first-order valence-electron chi connectivity index (χ1n) is 6.12. The molecule has 0 atom stereocenters. The SMILES string of the molecule is CC(C)n1ccc(C(=O)NCc2ccc(C(=O)O)o2)n1. The largest absolute Gasteiger partial charge is 0.475 e. The highest BCUT2D eigenvalue weighted by Crippen LogP contribution is 2.08. The van der Waals surface area contributed by atoms with Gasteiger partial charge in [0.25, 0.3) is 5.91 Å². The molecule has 2 N–H and O–H groups in total. The summed E-state index contributed by atoms with van der Waals surface area (Å²) >= 11 is 0. The first kappa shape index (κ1) is 13.9. The van der Waals surface area contributed by atoms with Crippen LogP contribution in [0, 0.1) is 0 Å². The fraction of sp³-hybridized carbons (Fsp3) is 0.308. The minimum absolute atomic E-state index is 0.112. The summed E-state index contributed by atoms with van der Waals surface area (Å²) in [5, 5.41) is 15.5. The second-order valence-electron chi connectivity index (χ2n) is 4.53. The average molecular weight is 277 g/mol. The maximum atomic E-state index is 11.8. The Kier molecular flexibility index (Phi) is 3.88. The van der Waals surface area contributed by atoms with E-state index < -0.39 is 5.97 Å². The van der Waals surface area contributed by atoms with Crippen LogP contribution in [0.25, 0.3) is 0 Å². The Bertz CT molecular complexity index is 627. The summed E-state index contributed by atoms with van der Waals surface area (Å²) in [4.78, 5) is 22.5. The second-order valence-corrected chi connectivity index (χ2v) is 4.53. The maximum Gasteiger partial charge on any atom is 0.371 e. The van der Waals surface area contributed by atoms with E-state index in [9.17, 15) is 9.59 Å². The third-order valence-corrected chi connectivity index (χ3v) is 2.67. The van der Waals surface area contributed by atoms with Crippen LogP contribution < -0.4 is 5.32 Å². The minimum Gasteiger partial charge on any atom is -0.475 e. The van der Waals surface area contributed by atoms with E-state index in [2.05, 4.69) is 10.4 Å². The van der Waals surface area contributed by atoms with E-state index >= 15 is 0 Å². The van der Waals surface area contributed by atoms with E-state index in [1.165, 1.54) is 12.1 Å². The standard InChI is InChI=1S/C13H15N3O4/c1-8(2)16-6-5-10(15-16)12(17)14-7-9-3-4-11(20-9)13(18)19/h3-6,8H,7H2,1-2H3,(H,14,17)(H,18,19). The first-order chi connectivity index (χ1) is 9.47. The lowest BCUT2D eigenvalue weighted by atomic mass is 10.4. The fourth-order valence-corrected chi connectivity index (χ4v) is 1.59. The number of hydrogen-bond donors (Lipinski definition) is 2. The summed E-state index contributed by atoms with van der Waals surface area (Å²) in [6.45, 7) is 4.04. The zero-order valence-corrected chi connectivity index (χ0v) is 11.2. The van der Waals surface area contributed by atoms with Gasteiger partial charge in [-0.15, -0.1) is 0 Å². The number of rotatable bonds is 5. The molecule has 0 aliphatic carbocycles. The van der Waals surface area contributed by atoms with Crippen molar-refractivity contribution in [3.05, 3.63) is 41.6 Å². The van der Waals surface area contributed by atoms with Gasteiger partial charge >= 0.3 is 5.97 Å². The van der Waals surface area contributed by atoms with E-state index in [-0.39, 0.29) is 24.3 Å². The number of amides is 1. The summed E-state index contributed by atoms with van der Waals surface area (Å²) in [6.07, 6.45) is 1.73. The van der Waals surface area contributed by atoms with Gasteiger partial charge in [0.1, 0.15) is 11.5 Å². The smallest absolute Gasteiger partial charge is 0.371 e. The number of carbonyl (C=O) groups excluding carboxylic acids is 1. The van der Waals surface area contributed by atoms with E-state index in [1.807, 2.05) is 13.8 Å². The molecule has 0 radical (unpaired) electrons. The number of furan rings is 1. The molecule has 7 heteroatoms. The van der Waals surface area contributed by atoms with Gasteiger partial charge in [0, 0.05) is 12.2 Å². The van der Waals surface area contributed by atoms with Gasteiger partial charge < -0.3 is 14.8 Å². The number of carboxylic acids is 1. The van der Waals surface area contributed by atoms with Crippen LogP contribution in [0.3, 0.4) is 0 Å². The molecule has 0 saturated heterocycles. The quantitative estimate of drug-likeness (QED) is 0.866. The van der Waals surface area contributed by atoms with Gasteiger partial charge in [0.15, 0.2) is 0 Å². The van der Waals surface area contributed by atoms with E-state index in [1.54, 1.807) is 16.9 Å². The molecule has 1 amide bonds. The van der Waals surface area contributed by atoms with E-state index in [4.69, 9.17) is 9.52 Å². The second kappa shape index (κ2) is 5.60. The molecule has 2 rings (SSSR count). The molecule has 0 saturated carbocycles. The molecule has 106 valence electrons. The Labute approximate surface area is 115 Å². The van der Waals surface area contributed by atoms with Crippen molar-refractivity contribution in [3.8, 4) is 0 Å². The lowest BCUT2D eigenvalue weighted by molar-refractivity contribution is 0.0660. The molecule has 7 nitrogen and oxygen atoms in total. The lowest BCUT2D eigenvalue weighted by Gasteiger charge is -2.04. The van der Waals surface area contributed by atoms with Gasteiger partial charge in [-0.05, 0) is 32.0 Å². The van der Waals surface area contributed by atoms with Crippen LogP contribution in [0.1, 0.15) is 46.7 Å². The van der Waals surface area contributed by atoms with Crippen molar-refractivity contribution in [1.29, 1.82) is 0 Å². The first-order valence-corrected chi connectivity index (χ1v) is 6.12. The molecule has 0 aliphatic rings. The summed E-state index contributed by atoms with van der Waals surface area (Å²) in [5.74, 6) is -1.26. The van der Waals surface area contributed by atoms with Gasteiger partial charge in [-0.1, -0.05) is 0 Å². The van der Waals surface area contributed by atoms with E-state index in [0.29, 0.717) is 11.5 Å². The van der Waals surface area contributed by atoms with Crippen molar-refractivity contribution < 1.29 is 19.1 Å². The normalized spacial score (nSPS) is 10.8. The van der Waals surface area contributed by atoms with Crippen molar-refractivity contribution in [3.63, 3.8) is 0 Å². The molecule has 2 aromatic rings. The van der Waals surface area contributed by atoms with Gasteiger partial charge in [0.05, 0.1) is 6.54 Å². The van der Waals surface area contributed by atoms with Gasteiger partial charge in [-0.25, -0.2) is 4.79 Å². The Morgan fingerprint density at radius 1 is 1.40 bits per heavy atom. The van der Waals surface area contributed by atoms with E-state index in [0.717, 1.165) is 0 Å². The monoisotopic (exact) mass is 277 g/mol. The molecule has 0 spiro atoms. The van der Waals surface area contributed by atoms with Crippen molar-refractivity contribution in [2.75, 3.05) is 0 Å². The third-order valence-electron chi connectivity index (χ3n) is 2.67. The van der Waals surface area contributed by atoms with Crippen molar-refractivity contribution >= 4 is 11.9 Å². The number of nitrogens with one attached hydrogen (secondary N) is 1. The van der Waals surface area contributed by atoms with Crippen molar-refractivity contribution in [1.82, 2.24) is 15.1 Å². The highest BCUT2D eigenvalue weighted by Gasteiger charge is 2.12. The number of aromatic carboxylic acids is 1. The molecule has 0 bridgehead atoms. The molecule has 2 heterocycles. The van der Waals surface area contributed by atoms with Gasteiger partial charge in [-0.2, -0.15) is 5.10 Å². The van der Waals surface area contributed by atoms with Crippen LogP contribution in [0.4, 0.5) is 0 Å². The molecular weight excluding hydrogens is 262 g/mol. The van der Waals surface area contributed by atoms with Crippen LogP contribution >= 0.6 is 0 Å². The number of carbonyl (C=O) groups is 2. The maximum absolute atomic E-state index is 11.8. The number of nitrogens with zero attached hydrogens (tertiary/aromatic N) is 2.